The molecule has 0 spiro atoms. The van der Waals surface area contributed by atoms with Crippen LogP contribution in [0.25, 0.3) is 0 Å². The van der Waals surface area contributed by atoms with Crippen molar-refractivity contribution >= 4 is 21.7 Å². The quantitative estimate of drug-likeness (QED) is 0.747. The van der Waals surface area contributed by atoms with E-state index in [0.29, 0.717) is 6.42 Å². The predicted octanol–water partition coefficient (Wildman–Crippen LogP) is 3.53. The minimum Gasteiger partial charge on any atom is -0.298 e. The number of ketones is 1. The van der Waals surface area contributed by atoms with Crippen LogP contribution >= 0.6 is 15.9 Å². The van der Waals surface area contributed by atoms with E-state index in [1.807, 2.05) is 19.1 Å². The van der Waals surface area contributed by atoms with E-state index in [0.717, 1.165) is 12.8 Å². The highest BCUT2D eigenvalue weighted by Gasteiger charge is 2.14. The maximum absolute atomic E-state index is 11.5. The third-order valence-electron chi connectivity index (χ3n) is 2.60. The average Bonchev–Trinajstić information content (AvgIpc) is 2.28. The Morgan fingerprint density at radius 2 is 1.87 bits per heavy atom. The van der Waals surface area contributed by atoms with Gasteiger partial charge in [-0.05, 0) is 24.0 Å². The van der Waals surface area contributed by atoms with Gasteiger partial charge >= 0.3 is 0 Å². The summed E-state index contributed by atoms with van der Waals surface area (Å²) in [7, 11) is 0. The Hall–Kier alpha value is -0.630. The van der Waals surface area contributed by atoms with Crippen LogP contribution in [0.2, 0.25) is 0 Å². The monoisotopic (exact) mass is 268 g/mol. The molecule has 0 fully saturated rings. The van der Waals surface area contributed by atoms with E-state index in [1.54, 1.807) is 0 Å². The molecule has 0 N–H and O–H groups in total. The average molecular weight is 269 g/mol. The van der Waals surface area contributed by atoms with E-state index in [9.17, 15) is 4.79 Å². The van der Waals surface area contributed by atoms with Gasteiger partial charge in [0, 0.05) is 6.42 Å². The Morgan fingerprint density at radius 3 is 2.40 bits per heavy atom. The molecule has 0 amide bonds. The summed E-state index contributed by atoms with van der Waals surface area (Å²) in [6, 6.07) is 8.32. The summed E-state index contributed by atoms with van der Waals surface area (Å²) in [5, 5.41) is 0. The Morgan fingerprint density at radius 1 is 1.27 bits per heavy atom. The van der Waals surface area contributed by atoms with Crippen LogP contribution in [0.5, 0.6) is 0 Å². The predicted molar refractivity (Wildman–Crippen MR) is 67.5 cm³/mol. The number of halogens is 1. The number of aryl methyl sites for hydroxylation is 1. The number of carbonyl (C=O) groups excluding carboxylic acids is 1. The maximum Gasteiger partial charge on any atom is 0.146 e. The second-order valence-electron chi connectivity index (χ2n) is 3.61. The van der Waals surface area contributed by atoms with Gasteiger partial charge in [0.25, 0.3) is 0 Å². The van der Waals surface area contributed by atoms with Crippen LogP contribution in [0, 0.1) is 0 Å². The molecule has 0 heterocycles. The lowest BCUT2D eigenvalue weighted by Gasteiger charge is -2.11. The van der Waals surface area contributed by atoms with Crippen molar-refractivity contribution in [3.05, 3.63) is 35.4 Å². The number of carbonyl (C=O) groups is 1. The van der Waals surface area contributed by atoms with E-state index in [2.05, 4.69) is 35.0 Å². The fraction of sp³-hybridized carbons (Fsp3) is 0.462. The smallest absolute Gasteiger partial charge is 0.146 e. The van der Waals surface area contributed by atoms with Gasteiger partial charge in [-0.25, -0.2) is 0 Å². The molecule has 2 heteroatoms. The summed E-state index contributed by atoms with van der Waals surface area (Å²) in [4.78, 5) is 11.4. The molecule has 1 rings (SSSR count). The van der Waals surface area contributed by atoms with Gasteiger partial charge in [0.15, 0.2) is 0 Å². The van der Waals surface area contributed by atoms with Crippen LogP contribution in [0.3, 0.4) is 0 Å². The molecule has 1 aromatic carbocycles. The molecule has 1 aromatic rings. The zero-order chi connectivity index (χ0) is 11.3. The first kappa shape index (κ1) is 12.4. The second kappa shape index (κ2) is 6.06. The van der Waals surface area contributed by atoms with E-state index < -0.39 is 0 Å². The van der Waals surface area contributed by atoms with Crippen molar-refractivity contribution in [2.24, 2.45) is 0 Å². The lowest BCUT2D eigenvalue weighted by Crippen LogP contribution is -2.16. The fourth-order valence-electron chi connectivity index (χ4n) is 1.63. The van der Waals surface area contributed by atoms with Crippen molar-refractivity contribution in [2.75, 3.05) is 0 Å². The van der Waals surface area contributed by atoms with Crippen LogP contribution in [-0.4, -0.2) is 10.6 Å². The maximum atomic E-state index is 11.5. The van der Waals surface area contributed by atoms with Crippen LogP contribution in [0.4, 0.5) is 0 Å². The molecule has 0 saturated carbocycles. The van der Waals surface area contributed by atoms with E-state index in [1.165, 1.54) is 11.1 Å². The highest BCUT2D eigenvalue weighted by molar-refractivity contribution is 9.10. The summed E-state index contributed by atoms with van der Waals surface area (Å²) in [5.41, 5.74) is 2.62. The summed E-state index contributed by atoms with van der Waals surface area (Å²) in [6.07, 6.45) is 2.43. The first-order chi connectivity index (χ1) is 7.19. The number of alkyl halides is 1. The van der Waals surface area contributed by atoms with Gasteiger partial charge in [0.1, 0.15) is 5.78 Å². The zero-order valence-corrected chi connectivity index (χ0v) is 10.9. The first-order valence-corrected chi connectivity index (χ1v) is 6.34. The lowest BCUT2D eigenvalue weighted by atomic mass is 9.99. The molecule has 82 valence electrons. The number of hydrogen-bond acceptors (Lipinski definition) is 1. The molecule has 1 unspecified atom stereocenters. The minimum absolute atomic E-state index is 0.0322. The molecule has 0 aromatic heterocycles. The summed E-state index contributed by atoms with van der Waals surface area (Å²) >= 11 is 3.45. The van der Waals surface area contributed by atoms with Gasteiger partial charge in [-0.15, -0.1) is 0 Å². The highest BCUT2D eigenvalue weighted by Crippen LogP contribution is 2.16. The van der Waals surface area contributed by atoms with Crippen LogP contribution < -0.4 is 0 Å². The molecule has 0 aliphatic heterocycles. The van der Waals surface area contributed by atoms with E-state index in [4.69, 9.17) is 0 Å². The lowest BCUT2D eigenvalue weighted by molar-refractivity contribution is -0.118. The van der Waals surface area contributed by atoms with Crippen LogP contribution in [0.15, 0.2) is 24.3 Å². The van der Waals surface area contributed by atoms with Crippen molar-refractivity contribution in [2.45, 2.75) is 37.9 Å². The molecule has 0 aliphatic rings. The zero-order valence-electron chi connectivity index (χ0n) is 9.29. The first-order valence-electron chi connectivity index (χ1n) is 5.42. The van der Waals surface area contributed by atoms with Gasteiger partial charge < -0.3 is 0 Å². The molecule has 0 saturated heterocycles. The third-order valence-corrected chi connectivity index (χ3v) is 3.43. The van der Waals surface area contributed by atoms with Gasteiger partial charge in [0.2, 0.25) is 0 Å². The molecule has 1 atom stereocenters. The standard InChI is InChI=1S/C13H17BrO/c1-3-10-7-5-6-8-11(10)9-12(14)13(15)4-2/h5-8,12H,3-4,9H2,1-2H3. The van der Waals surface area contributed by atoms with Crippen LogP contribution in [-0.2, 0) is 17.6 Å². The molecular formula is C13H17BrO. The molecule has 0 radical (unpaired) electrons. The highest BCUT2D eigenvalue weighted by atomic mass is 79.9. The summed E-state index contributed by atoms with van der Waals surface area (Å²) in [6.45, 7) is 4.05. The van der Waals surface area contributed by atoms with Gasteiger partial charge in [-0.1, -0.05) is 54.0 Å². The second-order valence-corrected chi connectivity index (χ2v) is 4.72. The normalized spacial score (nSPS) is 12.5. The molecular weight excluding hydrogens is 252 g/mol. The molecule has 1 nitrogen and oxygen atoms in total. The van der Waals surface area contributed by atoms with Gasteiger partial charge in [-0.3, -0.25) is 4.79 Å². The topological polar surface area (TPSA) is 17.1 Å². The fourth-order valence-corrected chi connectivity index (χ4v) is 2.30. The summed E-state index contributed by atoms with van der Waals surface area (Å²) in [5.74, 6) is 0.279. The SMILES string of the molecule is CCC(=O)C(Br)Cc1ccccc1CC. The number of benzene rings is 1. The minimum atomic E-state index is -0.0322. The third kappa shape index (κ3) is 3.45. The van der Waals surface area contributed by atoms with E-state index in [-0.39, 0.29) is 10.6 Å². The Bertz CT molecular complexity index is 333. The van der Waals surface area contributed by atoms with Crippen molar-refractivity contribution in [1.82, 2.24) is 0 Å². The molecule has 15 heavy (non-hydrogen) atoms. The largest absolute Gasteiger partial charge is 0.298 e. The van der Waals surface area contributed by atoms with E-state index >= 15 is 0 Å². The number of hydrogen-bond donors (Lipinski definition) is 0. The summed E-state index contributed by atoms with van der Waals surface area (Å²) < 4.78 is 0. The van der Waals surface area contributed by atoms with Crippen molar-refractivity contribution in [3.8, 4) is 0 Å². The number of Topliss-reactive ketones (excluding diaryl/α,β-unsaturated/α-hetero) is 1. The van der Waals surface area contributed by atoms with Gasteiger partial charge in [0.05, 0.1) is 4.83 Å². The molecule has 0 bridgehead atoms. The van der Waals surface area contributed by atoms with Crippen molar-refractivity contribution in [1.29, 1.82) is 0 Å². The molecule has 0 aliphatic carbocycles. The Labute approximate surface area is 100 Å². The van der Waals surface area contributed by atoms with Crippen molar-refractivity contribution < 1.29 is 4.79 Å². The Kier molecular flexibility index (Phi) is 5.03. The Balaban J connectivity index is 2.75. The number of rotatable bonds is 5. The van der Waals surface area contributed by atoms with Crippen molar-refractivity contribution in [3.63, 3.8) is 0 Å². The van der Waals surface area contributed by atoms with Crippen LogP contribution in [0.1, 0.15) is 31.4 Å². The van der Waals surface area contributed by atoms with Gasteiger partial charge in [-0.2, -0.15) is 0 Å².